The number of fused-ring (bicyclic) bond motifs is 1. The molecule has 2 heterocycles. The third kappa shape index (κ3) is 4.09. The summed E-state index contributed by atoms with van der Waals surface area (Å²) >= 11 is 1.67. The van der Waals surface area contributed by atoms with E-state index in [1.165, 1.54) is 16.1 Å². The predicted octanol–water partition coefficient (Wildman–Crippen LogP) is 4.22. The van der Waals surface area contributed by atoms with Crippen molar-refractivity contribution in [3.63, 3.8) is 0 Å². The van der Waals surface area contributed by atoms with E-state index in [0.29, 0.717) is 12.2 Å². The van der Waals surface area contributed by atoms with Gasteiger partial charge in [0, 0.05) is 29.3 Å². The van der Waals surface area contributed by atoms with Crippen LogP contribution in [-0.4, -0.2) is 24.9 Å². The average Bonchev–Trinajstić information content (AvgIpc) is 3.42. The van der Waals surface area contributed by atoms with Crippen LogP contribution in [0.25, 0.3) is 0 Å². The fourth-order valence-electron chi connectivity index (χ4n) is 3.98. The molecule has 3 aromatic rings. The Kier molecular flexibility index (Phi) is 5.86. The molecule has 0 radical (unpaired) electrons. The molecule has 154 valence electrons. The maximum absolute atomic E-state index is 12.6. The second-order valence-electron chi connectivity index (χ2n) is 7.53. The van der Waals surface area contributed by atoms with E-state index in [-0.39, 0.29) is 6.04 Å². The minimum Gasteiger partial charge on any atom is -0.361 e. The Morgan fingerprint density at radius 1 is 1.00 bits per heavy atom. The molecule has 30 heavy (non-hydrogen) atoms. The zero-order valence-electron chi connectivity index (χ0n) is 17.1. The number of carbonyl (C=O) groups excluding carboxylic acids is 2. The van der Waals surface area contributed by atoms with E-state index in [4.69, 9.17) is 0 Å². The molecule has 4 rings (SSSR count). The molecule has 1 aliphatic heterocycles. The number of anilines is 2. The second kappa shape index (κ2) is 8.71. The van der Waals surface area contributed by atoms with Gasteiger partial charge in [0.05, 0.1) is 6.04 Å². The summed E-state index contributed by atoms with van der Waals surface area (Å²) in [5.41, 5.74) is 5.08. The molecule has 0 saturated carbocycles. The van der Waals surface area contributed by atoms with E-state index in [2.05, 4.69) is 39.8 Å². The summed E-state index contributed by atoms with van der Waals surface area (Å²) in [4.78, 5) is 28.6. The maximum atomic E-state index is 12.6. The first-order valence-electron chi connectivity index (χ1n) is 10.1. The van der Waals surface area contributed by atoms with Crippen LogP contribution in [0.2, 0.25) is 0 Å². The van der Waals surface area contributed by atoms with Crippen molar-refractivity contribution in [3.8, 4) is 0 Å². The minimum atomic E-state index is -0.640. The number of aryl methyl sites for hydroxylation is 2. The summed E-state index contributed by atoms with van der Waals surface area (Å²) in [6.45, 7) is 5.09. The third-order valence-electron chi connectivity index (χ3n) is 5.55. The van der Waals surface area contributed by atoms with Gasteiger partial charge in [-0.25, -0.2) is 0 Å². The molecule has 6 heteroatoms. The number of hydrogen-bond acceptors (Lipinski definition) is 4. The second-order valence-corrected chi connectivity index (χ2v) is 8.51. The largest absolute Gasteiger partial charge is 0.361 e. The zero-order valence-corrected chi connectivity index (χ0v) is 18.0. The van der Waals surface area contributed by atoms with Gasteiger partial charge in [-0.05, 0) is 54.5 Å². The predicted molar refractivity (Wildman–Crippen MR) is 122 cm³/mol. The molecule has 2 N–H and O–H groups in total. The molecule has 0 saturated heterocycles. The van der Waals surface area contributed by atoms with Crippen molar-refractivity contribution >= 4 is 34.5 Å². The highest BCUT2D eigenvalue weighted by atomic mass is 32.1. The first-order valence-corrected chi connectivity index (χ1v) is 11.0. The first kappa shape index (κ1) is 20.2. The number of nitrogens with one attached hydrogen (secondary N) is 2. The van der Waals surface area contributed by atoms with Crippen molar-refractivity contribution in [3.05, 3.63) is 81.5 Å². The number of amides is 2. The van der Waals surface area contributed by atoms with Crippen molar-refractivity contribution in [2.75, 3.05) is 23.3 Å². The summed E-state index contributed by atoms with van der Waals surface area (Å²) in [5.74, 6) is -1.26. The lowest BCUT2D eigenvalue weighted by Gasteiger charge is -2.30. The lowest BCUT2D eigenvalue weighted by Crippen LogP contribution is -2.41. The summed E-state index contributed by atoms with van der Waals surface area (Å²) < 4.78 is 0. The van der Waals surface area contributed by atoms with Crippen molar-refractivity contribution in [2.24, 2.45) is 0 Å². The van der Waals surface area contributed by atoms with E-state index in [1.54, 1.807) is 11.3 Å². The van der Waals surface area contributed by atoms with Crippen LogP contribution in [0.4, 0.5) is 11.4 Å². The summed E-state index contributed by atoms with van der Waals surface area (Å²) in [5, 5.41) is 7.65. The quantitative estimate of drug-likeness (QED) is 0.609. The molecule has 5 nitrogen and oxygen atoms in total. The van der Waals surface area contributed by atoms with Crippen LogP contribution in [0.3, 0.4) is 0 Å². The number of benzene rings is 2. The lowest BCUT2D eigenvalue weighted by molar-refractivity contribution is -0.136. The van der Waals surface area contributed by atoms with Crippen LogP contribution >= 0.6 is 11.3 Å². The van der Waals surface area contributed by atoms with Crippen molar-refractivity contribution in [1.82, 2.24) is 5.32 Å². The molecule has 0 unspecified atom stereocenters. The zero-order chi connectivity index (χ0) is 21.1. The number of rotatable bonds is 5. The summed E-state index contributed by atoms with van der Waals surface area (Å²) in [6.07, 6.45) is 0.985. The lowest BCUT2D eigenvalue weighted by atomic mass is 10.1. The molecule has 2 aromatic carbocycles. The number of para-hydroxylation sites is 2. The van der Waals surface area contributed by atoms with Crippen molar-refractivity contribution in [1.29, 1.82) is 0 Å². The van der Waals surface area contributed by atoms with Crippen LogP contribution in [0.5, 0.6) is 0 Å². The fourth-order valence-corrected chi connectivity index (χ4v) is 4.82. The average molecular weight is 420 g/mol. The number of hydrogen-bond donors (Lipinski definition) is 2. The summed E-state index contributed by atoms with van der Waals surface area (Å²) in [7, 11) is 0. The Morgan fingerprint density at radius 2 is 1.77 bits per heavy atom. The Balaban J connectivity index is 1.47. The highest BCUT2D eigenvalue weighted by Crippen LogP contribution is 2.36. The van der Waals surface area contributed by atoms with Crippen LogP contribution in [-0.2, 0) is 16.0 Å². The van der Waals surface area contributed by atoms with Crippen LogP contribution in [0, 0.1) is 13.8 Å². The Hall–Kier alpha value is -3.12. The molecule has 0 aliphatic carbocycles. The van der Waals surface area contributed by atoms with Gasteiger partial charge in [0.1, 0.15) is 0 Å². The van der Waals surface area contributed by atoms with Gasteiger partial charge < -0.3 is 15.5 Å². The molecular formula is C24H25N3O2S. The van der Waals surface area contributed by atoms with Gasteiger partial charge >= 0.3 is 11.8 Å². The van der Waals surface area contributed by atoms with Gasteiger partial charge in [-0.3, -0.25) is 9.59 Å². The van der Waals surface area contributed by atoms with E-state index in [0.717, 1.165) is 24.1 Å². The first-order chi connectivity index (χ1) is 14.5. The SMILES string of the molecule is Cc1cccc(C)c1NC(=O)C(=O)NC[C@H](c1cccs1)N1CCc2ccccc21. The van der Waals surface area contributed by atoms with Crippen molar-refractivity contribution in [2.45, 2.75) is 26.3 Å². The minimum absolute atomic E-state index is 0.00871. The maximum Gasteiger partial charge on any atom is 0.313 e. The van der Waals surface area contributed by atoms with E-state index >= 15 is 0 Å². The van der Waals surface area contributed by atoms with Gasteiger partial charge in [0.15, 0.2) is 0 Å². The Bertz CT molecular complexity index is 1040. The smallest absolute Gasteiger partial charge is 0.313 e. The Labute approximate surface area is 180 Å². The van der Waals surface area contributed by atoms with Crippen LogP contribution < -0.4 is 15.5 Å². The highest BCUT2D eigenvalue weighted by Gasteiger charge is 2.28. The highest BCUT2D eigenvalue weighted by molar-refractivity contribution is 7.10. The Morgan fingerprint density at radius 3 is 2.50 bits per heavy atom. The monoisotopic (exact) mass is 419 g/mol. The third-order valence-corrected chi connectivity index (χ3v) is 6.53. The number of nitrogens with zero attached hydrogens (tertiary/aromatic N) is 1. The van der Waals surface area contributed by atoms with Gasteiger partial charge in [-0.2, -0.15) is 0 Å². The van der Waals surface area contributed by atoms with E-state index < -0.39 is 11.8 Å². The molecule has 1 aliphatic rings. The molecular weight excluding hydrogens is 394 g/mol. The molecule has 0 spiro atoms. The summed E-state index contributed by atoms with van der Waals surface area (Å²) in [6, 6.07) is 18.2. The standard InChI is InChI=1S/C24H25N3O2S/c1-16-7-5-8-17(2)22(16)26-24(29)23(28)25-15-20(21-11-6-14-30-21)27-13-12-18-9-3-4-10-19(18)27/h3-11,14,20H,12-13,15H2,1-2H3,(H,25,28)(H,26,29)/t20-/m1/s1. The van der Waals surface area contributed by atoms with E-state index in [9.17, 15) is 9.59 Å². The number of thiophene rings is 1. The normalized spacial score (nSPS) is 13.6. The molecule has 0 fully saturated rings. The number of carbonyl (C=O) groups is 2. The topological polar surface area (TPSA) is 61.4 Å². The van der Waals surface area contributed by atoms with E-state index in [1.807, 2.05) is 49.6 Å². The van der Waals surface area contributed by atoms with Gasteiger partial charge in [-0.1, -0.05) is 42.5 Å². The van der Waals surface area contributed by atoms with Gasteiger partial charge in [0.2, 0.25) is 0 Å². The fraction of sp³-hybridized carbons (Fsp3) is 0.250. The van der Waals surface area contributed by atoms with Gasteiger partial charge in [0.25, 0.3) is 0 Å². The van der Waals surface area contributed by atoms with Crippen molar-refractivity contribution < 1.29 is 9.59 Å². The van der Waals surface area contributed by atoms with Crippen LogP contribution in [0.1, 0.15) is 27.6 Å². The molecule has 1 aromatic heterocycles. The van der Waals surface area contributed by atoms with Gasteiger partial charge in [-0.15, -0.1) is 11.3 Å². The molecule has 0 bridgehead atoms. The molecule has 1 atom stereocenters. The van der Waals surface area contributed by atoms with Crippen LogP contribution in [0.15, 0.2) is 60.0 Å². The molecule has 2 amide bonds.